The first-order valence-corrected chi connectivity index (χ1v) is 5.02. The predicted molar refractivity (Wildman–Crippen MR) is 64.1 cm³/mol. The topological polar surface area (TPSA) is 65.9 Å². The molecule has 0 saturated carbocycles. The van der Waals surface area contributed by atoms with E-state index in [9.17, 15) is 4.79 Å². The number of carbonyl (C=O) groups excluding carboxylic acids is 1. The van der Waals surface area contributed by atoms with Gasteiger partial charge in [-0.3, -0.25) is 0 Å². The number of methoxy groups -OCH3 is 1. The molecule has 0 saturated heterocycles. The van der Waals surface area contributed by atoms with Crippen LogP contribution in [0.2, 0.25) is 0 Å². The van der Waals surface area contributed by atoms with E-state index in [4.69, 9.17) is 5.26 Å². The van der Waals surface area contributed by atoms with E-state index in [-0.39, 0.29) is 0 Å². The monoisotopic (exact) mass is 226 g/mol. The lowest BCUT2D eigenvalue weighted by Gasteiger charge is -1.97. The Morgan fingerprint density at radius 1 is 1.53 bits per heavy atom. The zero-order valence-corrected chi connectivity index (χ0v) is 9.23. The van der Waals surface area contributed by atoms with Gasteiger partial charge in [-0.05, 0) is 17.7 Å². The number of aromatic nitrogens is 1. The molecule has 0 bridgehead atoms. The largest absolute Gasteiger partial charge is 0.466 e. The molecule has 0 aliphatic heterocycles. The SMILES string of the molecule is COC(=O)/C=C\c1cccc2[nH]cc(C#N)c12. The molecule has 1 aromatic carbocycles. The number of carbonyl (C=O) groups is 1. The third-order valence-corrected chi connectivity index (χ3v) is 2.46. The van der Waals surface area contributed by atoms with Crippen LogP contribution >= 0.6 is 0 Å². The lowest BCUT2D eigenvalue weighted by atomic mass is 10.1. The predicted octanol–water partition coefficient (Wildman–Crippen LogP) is 2.23. The summed E-state index contributed by atoms with van der Waals surface area (Å²) in [5.74, 6) is -0.420. The first-order valence-electron chi connectivity index (χ1n) is 5.02. The summed E-state index contributed by atoms with van der Waals surface area (Å²) in [4.78, 5) is 14.0. The van der Waals surface area contributed by atoms with Crippen molar-refractivity contribution in [3.8, 4) is 6.07 Å². The number of aromatic amines is 1. The van der Waals surface area contributed by atoms with Crippen LogP contribution in [0.5, 0.6) is 0 Å². The molecule has 0 fully saturated rings. The molecule has 0 aliphatic rings. The van der Waals surface area contributed by atoms with Crippen molar-refractivity contribution in [3.63, 3.8) is 0 Å². The molecule has 0 spiro atoms. The molecule has 0 radical (unpaired) electrons. The quantitative estimate of drug-likeness (QED) is 0.630. The van der Waals surface area contributed by atoms with E-state index >= 15 is 0 Å². The number of esters is 1. The van der Waals surface area contributed by atoms with Gasteiger partial charge in [0.05, 0.1) is 12.7 Å². The second kappa shape index (κ2) is 4.54. The van der Waals surface area contributed by atoms with E-state index in [2.05, 4.69) is 15.8 Å². The fraction of sp³-hybridized carbons (Fsp3) is 0.0769. The Morgan fingerprint density at radius 3 is 3.06 bits per heavy atom. The number of nitrogens with zero attached hydrogens (tertiary/aromatic N) is 1. The van der Waals surface area contributed by atoms with E-state index in [0.717, 1.165) is 16.5 Å². The van der Waals surface area contributed by atoms with Crippen molar-refractivity contribution in [3.05, 3.63) is 41.6 Å². The van der Waals surface area contributed by atoms with E-state index in [0.29, 0.717) is 5.56 Å². The average Bonchev–Trinajstić information content (AvgIpc) is 2.79. The Morgan fingerprint density at radius 2 is 2.35 bits per heavy atom. The molecular formula is C13H10N2O2. The van der Waals surface area contributed by atoms with Gasteiger partial charge in [0.2, 0.25) is 0 Å². The summed E-state index contributed by atoms with van der Waals surface area (Å²) in [6.45, 7) is 0. The molecule has 0 atom stereocenters. The number of H-pyrrole nitrogens is 1. The molecule has 2 rings (SSSR count). The van der Waals surface area contributed by atoms with Crippen LogP contribution in [-0.4, -0.2) is 18.1 Å². The zero-order valence-electron chi connectivity index (χ0n) is 9.23. The fourth-order valence-corrected chi connectivity index (χ4v) is 1.67. The summed E-state index contributed by atoms with van der Waals surface area (Å²) in [5, 5.41) is 9.80. The highest BCUT2D eigenvalue weighted by molar-refractivity contribution is 5.96. The number of nitriles is 1. The van der Waals surface area contributed by atoms with E-state index in [1.807, 2.05) is 18.2 Å². The third-order valence-electron chi connectivity index (χ3n) is 2.46. The maximum atomic E-state index is 11.0. The molecule has 2 aromatic rings. The normalized spacial score (nSPS) is 10.6. The number of fused-ring (bicyclic) bond motifs is 1. The van der Waals surface area contributed by atoms with Gasteiger partial charge in [0.1, 0.15) is 6.07 Å². The molecule has 1 heterocycles. The van der Waals surface area contributed by atoms with Crippen LogP contribution < -0.4 is 0 Å². The zero-order chi connectivity index (χ0) is 12.3. The molecule has 4 nitrogen and oxygen atoms in total. The van der Waals surface area contributed by atoms with Crippen LogP contribution in [0, 0.1) is 11.3 Å². The van der Waals surface area contributed by atoms with Crippen molar-refractivity contribution < 1.29 is 9.53 Å². The molecule has 1 N–H and O–H groups in total. The Kier molecular flexibility index (Phi) is 2.93. The van der Waals surface area contributed by atoms with Gasteiger partial charge in [-0.25, -0.2) is 4.79 Å². The summed E-state index contributed by atoms with van der Waals surface area (Å²) in [5.41, 5.74) is 2.24. The molecule has 17 heavy (non-hydrogen) atoms. The van der Waals surface area contributed by atoms with Crippen molar-refractivity contribution in [1.82, 2.24) is 4.98 Å². The summed E-state index contributed by atoms with van der Waals surface area (Å²) < 4.78 is 4.52. The summed E-state index contributed by atoms with van der Waals surface area (Å²) in [7, 11) is 1.32. The van der Waals surface area contributed by atoms with Crippen molar-refractivity contribution in [1.29, 1.82) is 5.26 Å². The number of nitrogens with one attached hydrogen (secondary N) is 1. The molecule has 4 heteroatoms. The second-order valence-corrected chi connectivity index (χ2v) is 3.44. The standard InChI is InChI=1S/C13H10N2O2/c1-17-12(16)6-5-9-3-2-4-11-13(9)10(7-14)8-15-11/h2-6,8,15H,1H3/b6-5-. The first kappa shape index (κ1) is 11.0. The molecular weight excluding hydrogens is 216 g/mol. The van der Waals surface area contributed by atoms with Gasteiger partial charge in [0.25, 0.3) is 0 Å². The molecule has 0 aliphatic carbocycles. The minimum atomic E-state index is -0.420. The summed E-state index contributed by atoms with van der Waals surface area (Å²) in [6.07, 6.45) is 4.63. The van der Waals surface area contributed by atoms with Crippen molar-refractivity contribution in [2.24, 2.45) is 0 Å². The number of ether oxygens (including phenoxy) is 1. The Bertz CT molecular complexity index is 632. The highest BCUT2D eigenvalue weighted by atomic mass is 16.5. The van der Waals surface area contributed by atoms with E-state index in [1.165, 1.54) is 13.2 Å². The van der Waals surface area contributed by atoms with Crippen LogP contribution in [-0.2, 0) is 9.53 Å². The maximum Gasteiger partial charge on any atom is 0.330 e. The van der Waals surface area contributed by atoms with Gasteiger partial charge in [-0.2, -0.15) is 5.26 Å². The number of benzene rings is 1. The smallest absolute Gasteiger partial charge is 0.330 e. The van der Waals surface area contributed by atoms with Crippen LogP contribution in [0.4, 0.5) is 0 Å². The number of rotatable bonds is 2. The Labute approximate surface area is 98.1 Å². The first-order chi connectivity index (χ1) is 8.26. The maximum absolute atomic E-state index is 11.0. The second-order valence-electron chi connectivity index (χ2n) is 3.44. The van der Waals surface area contributed by atoms with E-state index in [1.54, 1.807) is 12.3 Å². The number of hydrogen-bond donors (Lipinski definition) is 1. The highest BCUT2D eigenvalue weighted by Crippen LogP contribution is 2.23. The van der Waals surface area contributed by atoms with Crippen LogP contribution in [0.1, 0.15) is 11.1 Å². The van der Waals surface area contributed by atoms with Crippen LogP contribution in [0.3, 0.4) is 0 Å². The minimum absolute atomic E-state index is 0.420. The molecule has 0 amide bonds. The van der Waals surface area contributed by atoms with Gasteiger partial charge in [-0.15, -0.1) is 0 Å². The molecule has 0 unspecified atom stereocenters. The van der Waals surface area contributed by atoms with Gasteiger partial charge < -0.3 is 9.72 Å². The van der Waals surface area contributed by atoms with E-state index < -0.39 is 5.97 Å². The number of hydrogen-bond acceptors (Lipinski definition) is 3. The van der Waals surface area contributed by atoms with Gasteiger partial charge >= 0.3 is 5.97 Å². The summed E-state index contributed by atoms with van der Waals surface area (Å²) >= 11 is 0. The third kappa shape index (κ3) is 2.04. The minimum Gasteiger partial charge on any atom is -0.466 e. The molecule has 84 valence electrons. The average molecular weight is 226 g/mol. The van der Waals surface area contributed by atoms with Gasteiger partial charge in [0.15, 0.2) is 0 Å². The van der Waals surface area contributed by atoms with Gasteiger partial charge in [0, 0.05) is 23.2 Å². The van der Waals surface area contributed by atoms with Crippen molar-refractivity contribution in [2.75, 3.05) is 7.11 Å². The van der Waals surface area contributed by atoms with Crippen LogP contribution in [0.25, 0.3) is 17.0 Å². The van der Waals surface area contributed by atoms with Gasteiger partial charge in [-0.1, -0.05) is 12.1 Å². The fourth-order valence-electron chi connectivity index (χ4n) is 1.67. The Balaban J connectivity index is 2.54. The Hall–Kier alpha value is -2.54. The highest BCUT2D eigenvalue weighted by Gasteiger charge is 2.06. The summed E-state index contributed by atoms with van der Waals surface area (Å²) in [6, 6.07) is 7.69. The molecule has 1 aromatic heterocycles. The lowest BCUT2D eigenvalue weighted by molar-refractivity contribution is -0.134. The lowest BCUT2D eigenvalue weighted by Crippen LogP contribution is -1.93. The van der Waals surface area contributed by atoms with Crippen molar-refractivity contribution >= 4 is 22.9 Å². The van der Waals surface area contributed by atoms with Crippen molar-refractivity contribution in [2.45, 2.75) is 0 Å². The van der Waals surface area contributed by atoms with Crippen LogP contribution in [0.15, 0.2) is 30.5 Å².